The first kappa shape index (κ1) is 11.9. The summed E-state index contributed by atoms with van der Waals surface area (Å²) < 4.78 is 42.8. The molecule has 0 amide bonds. The Morgan fingerprint density at radius 3 is 2.33 bits per heavy atom. The zero-order chi connectivity index (χ0) is 11.5. The second kappa shape index (κ2) is 4.55. The third-order valence-corrected chi connectivity index (χ3v) is 2.06. The van der Waals surface area contributed by atoms with E-state index >= 15 is 0 Å². The normalized spacial score (nSPS) is 11.5. The van der Waals surface area contributed by atoms with Crippen LogP contribution in [0.4, 0.5) is 13.2 Å². The van der Waals surface area contributed by atoms with Crippen LogP contribution in [0.15, 0.2) is 18.2 Å². The average molecular weight is 218 g/mol. The van der Waals surface area contributed by atoms with E-state index in [1.165, 1.54) is 6.07 Å². The van der Waals surface area contributed by atoms with Crippen LogP contribution >= 0.6 is 0 Å². The maximum Gasteiger partial charge on any atom is 0.419 e. The molecule has 0 saturated carbocycles. The third kappa shape index (κ3) is 2.88. The molecular weight excluding hydrogens is 205 g/mol. The number of hydrogen-bond donors (Lipinski definition) is 0. The van der Waals surface area contributed by atoms with E-state index in [9.17, 15) is 13.2 Å². The van der Waals surface area contributed by atoms with Gasteiger partial charge < -0.3 is 4.74 Å². The van der Waals surface area contributed by atoms with Crippen molar-refractivity contribution in [1.82, 2.24) is 0 Å². The van der Waals surface area contributed by atoms with E-state index in [0.717, 1.165) is 6.07 Å². The lowest BCUT2D eigenvalue weighted by Gasteiger charge is -2.14. The molecule has 0 atom stereocenters. The summed E-state index contributed by atoms with van der Waals surface area (Å²) in [7, 11) is 0. The van der Waals surface area contributed by atoms with E-state index in [-0.39, 0.29) is 12.4 Å². The Bertz CT molecular complexity index is 331. The van der Waals surface area contributed by atoms with Crippen molar-refractivity contribution in [3.8, 4) is 5.75 Å². The largest absolute Gasteiger partial charge is 0.493 e. The van der Waals surface area contributed by atoms with Crippen LogP contribution in [-0.4, -0.2) is 6.61 Å². The molecule has 0 aliphatic carbocycles. The summed E-state index contributed by atoms with van der Waals surface area (Å²) in [5.74, 6) is -0.0952. The van der Waals surface area contributed by atoms with Crippen molar-refractivity contribution in [3.63, 3.8) is 0 Å². The van der Waals surface area contributed by atoms with E-state index in [4.69, 9.17) is 4.74 Å². The van der Waals surface area contributed by atoms with Gasteiger partial charge in [-0.2, -0.15) is 13.2 Å². The van der Waals surface area contributed by atoms with Crippen LogP contribution in [0.3, 0.4) is 0 Å². The van der Waals surface area contributed by atoms with Crippen LogP contribution in [0.2, 0.25) is 0 Å². The van der Waals surface area contributed by atoms with Gasteiger partial charge >= 0.3 is 6.18 Å². The molecule has 0 aliphatic rings. The van der Waals surface area contributed by atoms with Crippen molar-refractivity contribution in [2.45, 2.75) is 26.4 Å². The van der Waals surface area contributed by atoms with Crippen LogP contribution in [0.25, 0.3) is 0 Å². The predicted octanol–water partition coefficient (Wildman–Crippen LogP) is 3.67. The number of hydrogen-bond acceptors (Lipinski definition) is 1. The summed E-state index contributed by atoms with van der Waals surface area (Å²) in [6.45, 7) is 3.71. The van der Waals surface area contributed by atoms with Gasteiger partial charge in [-0.25, -0.2) is 0 Å². The standard InChI is InChI=1S/C11H13F3O/c1-3-8-5-6-10(15-4-2)9(7-8)11(12,13)14/h5-7H,3-4H2,1-2H3. The molecular formula is C11H13F3O. The zero-order valence-electron chi connectivity index (χ0n) is 8.69. The topological polar surface area (TPSA) is 9.23 Å². The number of benzene rings is 1. The highest BCUT2D eigenvalue weighted by atomic mass is 19.4. The van der Waals surface area contributed by atoms with Gasteiger partial charge in [0.15, 0.2) is 0 Å². The zero-order valence-corrected chi connectivity index (χ0v) is 8.69. The van der Waals surface area contributed by atoms with Gasteiger partial charge in [-0.15, -0.1) is 0 Å². The molecule has 0 saturated heterocycles. The second-order valence-electron chi connectivity index (χ2n) is 3.11. The van der Waals surface area contributed by atoms with Crippen molar-refractivity contribution < 1.29 is 17.9 Å². The molecule has 0 radical (unpaired) electrons. The lowest BCUT2D eigenvalue weighted by atomic mass is 10.1. The molecule has 0 N–H and O–H groups in total. The second-order valence-corrected chi connectivity index (χ2v) is 3.11. The number of halogens is 3. The van der Waals surface area contributed by atoms with Gasteiger partial charge in [0, 0.05) is 0 Å². The minimum absolute atomic E-state index is 0.0952. The van der Waals surface area contributed by atoms with Gasteiger partial charge in [0.25, 0.3) is 0 Å². The van der Waals surface area contributed by atoms with Crippen LogP contribution < -0.4 is 4.74 Å². The van der Waals surface area contributed by atoms with E-state index in [1.807, 2.05) is 6.92 Å². The highest BCUT2D eigenvalue weighted by molar-refractivity contribution is 5.39. The molecule has 1 aromatic rings. The molecule has 0 bridgehead atoms. The van der Waals surface area contributed by atoms with Gasteiger partial charge in [0.05, 0.1) is 12.2 Å². The van der Waals surface area contributed by atoms with Gasteiger partial charge in [-0.3, -0.25) is 0 Å². The molecule has 0 aliphatic heterocycles. The van der Waals surface area contributed by atoms with E-state index in [1.54, 1.807) is 13.0 Å². The fourth-order valence-corrected chi connectivity index (χ4v) is 1.30. The van der Waals surface area contributed by atoms with Crippen molar-refractivity contribution in [1.29, 1.82) is 0 Å². The molecule has 15 heavy (non-hydrogen) atoms. The lowest BCUT2D eigenvalue weighted by molar-refractivity contribution is -0.138. The first-order valence-electron chi connectivity index (χ1n) is 4.82. The van der Waals surface area contributed by atoms with Crippen molar-refractivity contribution in [3.05, 3.63) is 29.3 Å². The number of alkyl halides is 3. The number of rotatable bonds is 3. The SMILES string of the molecule is CCOc1ccc(CC)cc1C(F)(F)F. The lowest BCUT2D eigenvalue weighted by Crippen LogP contribution is -2.09. The fourth-order valence-electron chi connectivity index (χ4n) is 1.30. The smallest absolute Gasteiger partial charge is 0.419 e. The molecule has 0 unspecified atom stereocenters. The summed E-state index contributed by atoms with van der Waals surface area (Å²) >= 11 is 0. The highest BCUT2D eigenvalue weighted by Gasteiger charge is 2.34. The average Bonchev–Trinajstić information content (AvgIpc) is 2.17. The minimum Gasteiger partial charge on any atom is -0.493 e. The minimum atomic E-state index is -4.35. The molecule has 4 heteroatoms. The van der Waals surface area contributed by atoms with Crippen LogP contribution in [-0.2, 0) is 12.6 Å². The summed E-state index contributed by atoms with van der Waals surface area (Å²) in [5.41, 5.74) is -0.0329. The first-order valence-corrected chi connectivity index (χ1v) is 4.82. The van der Waals surface area contributed by atoms with E-state index < -0.39 is 11.7 Å². The molecule has 0 aromatic heterocycles. The highest BCUT2D eigenvalue weighted by Crippen LogP contribution is 2.36. The van der Waals surface area contributed by atoms with Crippen molar-refractivity contribution in [2.24, 2.45) is 0 Å². The van der Waals surface area contributed by atoms with Gasteiger partial charge in [-0.05, 0) is 31.0 Å². The van der Waals surface area contributed by atoms with Gasteiger partial charge in [-0.1, -0.05) is 13.0 Å². The summed E-state index contributed by atoms with van der Waals surface area (Å²) in [5, 5.41) is 0. The van der Waals surface area contributed by atoms with E-state index in [0.29, 0.717) is 12.0 Å². The van der Waals surface area contributed by atoms with Crippen molar-refractivity contribution >= 4 is 0 Å². The Morgan fingerprint density at radius 2 is 1.87 bits per heavy atom. The van der Waals surface area contributed by atoms with Crippen LogP contribution in [0, 0.1) is 0 Å². The summed E-state index contributed by atoms with van der Waals surface area (Å²) in [4.78, 5) is 0. The maximum atomic E-state index is 12.6. The Morgan fingerprint density at radius 1 is 1.20 bits per heavy atom. The summed E-state index contributed by atoms with van der Waals surface area (Å²) in [6, 6.07) is 4.18. The van der Waals surface area contributed by atoms with Crippen molar-refractivity contribution in [2.75, 3.05) is 6.61 Å². The van der Waals surface area contributed by atoms with Gasteiger partial charge in [0.2, 0.25) is 0 Å². The molecule has 84 valence electrons. The van der Waals surface area contributed by atoms with E-state index in [2.05, 4.69) is 0 Å². The van der Waals surface area contributed by atoms with Crippen LogP contribution in [0.5, 0.6) is 5.75 Å². The Labute approximate surface area is 86.9 Å². The Hall–Kier alpha value is -1.19. The predicted molar refractivity (Wildman–Crippen MR) is 52.0 cm³/mol. The molecule has 0 fully saturated rings. The molecule has 1 aromatic carbocycles. The summed E-state index contributed by atoms with van der Waals surface area (Å²) in [6.07, 6.45) is -3.77. The molecule has 0 heterocycles. The molecule has 1 nitrogen and oxygen atoms in total. The first-order chi connectivity index (χ1) is 6.99. The Kier molecular flexibility index (Phi) is 3.61. The number of aryl methyl sites for hydroxylation is 1. The quantitative estimate of drug-likeness (QED) is 0.752. The molecule has 0 spiro atoms. The number of ether oxygens (including phenoxy) is 1. The monoisotopic (exact) mass is 218 g/mol. The maximum absolute atomic E-state index is 12.6. The van der Waals surface area contributed by atoms with Gasteiger partial charge in [0.1, 0.15) is 5.75 Å². The fraction of sp³-hybridized carbons (Fsp3) is 0.455. The van der Waals surface area contributed by atoms with Crippen LogP contribution in [0.1, 0.15) is 25.0 Å². The molecule has 1 rings (SSSR count). The Balaban J connectivity index is 3.16. The third-order valence-electron chi connectivity index (χ3n) is 2.06.